The summed E-state index contributed by atoms with van der Waals surface area (Å²) in [6, 6.07) is 4.78. The van der Waals surface area contributed by atoms with Crippen LogP contribution >= 0.6 is 0 Å². The standard InChI is InChI=1S/C13H16O4/c1-3-17-13(15)6-4-5-10-9-11(14)7-8-12(10)16-2/h4-5,7-9,14H,3,6H2,1-2H3. The highest BCUT2D eigenvalue weighted by atomic mass is 16.5. The highest BCUT2D eigenvalue weighted by Gasteiger charge is 2.01. The lowest BCUT2D eigenvalue weighted by Crippen LogP contribution is -2.01. The molecule has 0 aliphatic rings. The average Bonchev–Trinajstić information content (AvgIpc) is 2.30. The van der Waals surface area contributed by atoms with E-state index in [4.69, 9.17) is 9.47 Å². The maximum Gasteiger partial charge on any atom is 0.309 e. The summed E-state index contributed by atoms with van der Waals surface area (Å²) < 4.78 is 9.92. The number of carbonyl (C=O) groups is 1. The van der Waals surface area contributed by atoms with Crippen molar-refractivity contribution >= 4 is 12.0 Å². The normalized spacial score (nSPS) is 10.5. The predicted octanol–water partition coefficient (Wildman–Crippen LogP) is 2.37. The zero-order valence-electron chi connectivity index (χ0n) is 9.97. The van der Waals surface area contributed by atoms with Gasteiger partial charge in [-0.2, -0.15) is 0 Å². The van der Waals surface area contributed by atoms with Gasteiger partial charge in [0.1, 0.15) is 11.5 Å². The summed E-state index contributed by atoms with van der Waals surface area (Å²) in [7, 11) is 1.55. The number of methoxy groups -OCH3 is 1. The van der Waals surface area contributed by atoms with Crippen LogP contribution in [0.1, 0.15) is 18.9 Å². The van der Waals surface area contributed by atoms with E-state index in [-0.39, 0.29) is 18.1 Å². The molecule has 4 nitrogen and oxygen atoms in total. The molecule has 0 heterocycles. The van der Waals surface area contributed by atoms with Crippen LogP contribution < -0.4 is 4.74 Å². The first-order chi connectivity index (χ1) is 8.17. The van der Waals surface area contributed by atoms with E-state index in [2.05, 4.69) is 0 Å². The number of aromatic hydroxyl groups is 1. The van der Waals surface area contributed by atoms with Crippen molar-refractivity contribution in [2.45, 2.75) is 13.3 Å². The Labute approximate surface area is 100 Å². The molecule has 0 atom stereocenters. The first kappa shape index (κ1) is 13.1. The Bertz CT molecular complexity index is 410. The third-order valence-corrected chi connectivity index (χ3v) is 2.10. The van der Waals surface area contributed by atoms with E-state index in [1.165, 1.54) is 0 Å². The van der Waals surface area contributed by atoms with Gasteiger partial charge in [0, 0.05) is 5.56 Å². The second-order valence-electron chi connectivity index (χ2n) is 3.34. The predicted molar refractivity (Wildman–Crippen MR) is 64.9 cm³/mol. The molecular formula is C13H16O4. The summed E-state index contributed by atoms with van der Waals surface area (Å²) >= 11 is 0. The van der Waals surface area contributed by atoms with Gasteiger partial charge in [0.05, 0.1) is 20.1 Å². The van der Waals surface area contributed by atoms with Crippen LogP contribution in [0.3, 0.4) is 0 Å². The molecule has 0 saturated carbocycles. The van der Waals surface area contributed by atoms with Crippen LogP contribution in [0.4, 0.5) is 0 Å². The number of phenolic OH excluding ortho intramolecular Hbond substituents is 1. The fourth-order valence-electron chi connectivity index (χ4n) is 1.35. The second-order valence-corrected chi connectivity index (χ2v) is 3.34. The van der Waals surface area contributed by atoms with Crippen molar-refractivity contribution in [3.8, 4) is 11.5 Å². The fourth-order valence-corrected chi connectivity index (χ4v) is 1.35. The second kappa shape index (κ2) is 6.58. The van der Waals surface area contributed by atoms with Crippen LogP contribution in [0.25, 0.3) is 6.08 Å². The lowest BCUT2D eigenvalue weighted by atomic mass is 10.1. The zero-order valence-corrected chi connectivity index (χ0v) is 9.97. The van der Waals surface area contributed by atoms with Crippen LogP contribution in [-0.4, -0.2) is 24.8 Å². The van der Waals surface area contributed by atoms with E-state index < -0.39 is 0 Å². The van der Waals surface area contributed by atoms with Crippen molar-refractivity contribution in [2.75, 3.05) is 13.7 Å². The van der Waals surface area contributed by atoms with Gasteiger partial charge < -0.3 is 14.6 Å². The number of benzene rings is 1. The molecule has 17 heavy (non-hydrogen) atoms. The Morgan fingerprint density at radius 1 is 1.47 bits per heavy atom. The van der Waals surface area contributed by atoms with Crippen molar-refractivity contribution in [1.82, 2.24) is 0 Å². The van der Waals surface area contributed by atoms with E-state index in [9.17, 15) is 9.90 Å². The summed E-state index contributed by atoms with van der Waals surface area (Å²) in [5, 5.41) is 9.34. The number of esters is 1. The third kappa shape index (κ3) is 4.18. The molecule has 0 spiro atoms. The maximum atomic E-state index is 11.1. The minimum absolute atomic E-state index is 0.154. The van der Waals surface area contributed by atoms with Crippen LogP contribution in [0.5, 0.6) is 11.5 Å². The summed E-state index contributed by atoms with van der Waals surface area (Å²) in [6.07, 6.45) is 3.59. The van der Waals surface area contributed by atoms with Crippen molar-refractivity contribution in [1.29, 1.82) is 0 Å². The lowest BCUT2D eigenvalue weighted by Gasteiger charge is -2.04. The van der Waals surface area contributed by atoms with Gasteiger partial charge in [-0.05, 0) is 25.1 Å². The van der Waals surface area contributed by atoms with Crippen molar-refractivity contribution in [2.24, 2.45) is 0 Å². The summed E-state index contributed by atoms with van der Waals surface area (Å²) in [5.74, 6) is 0.521. The molecule has 0 aliphatic carbocycles. The van der Waals surface area contributed by atoms with Gasteiger partial charge in [0.2, 0.25) is 0 Å². The molecule has 1 aromatic rings. The van der Waals surface area contributed by atoms with Gasteiger partial charge >= 0.3 is 5.97 Å². The number of ether oxygens (including phenoxy) is 2. The molecule has 0 fully saturated rings. The van der Waals surface area contributed by atoms with E-state index in [0.717, 1.165) is 5.56 Å². The molecule has 0 aliphatic heterocycles. The van der Waals surface area contributed by atoms with E-state index in [1.807, 2.05) is 0 Å². The zero-order chi connectivity index (χ0) is 12.7. The Morgan fingerprint density at radius 3 is 2.88 bits per heavy atom. The maximum absolute atomic E-state index is 11.1. The Morgan fingerprint density at radius 2 is 2.24 bits per heavy atom. The molecule has 0 bridgehead atoms. The Kier molecular flexibility index (Phi) is 5.07. The van der Waals surface area contributed by atoms with Gasteiger partial charge in [0.15, 0.2) is 0 Å². The van der Waals surface area contributed by atoms with Crippen molar-refractivity contribution in [3.05, 3.63) is 29.8 Å². The molecule has 0 unspecified atom stereocenters. The van der Waals surface area contributed by atoms with E-state index >= 15 is 0 Å². The Hall–Kier alpha value is -1.97. The largest absolute Gasteiger partial charge is 0.508 e. The number of hydrogen-bond acceptors (Lipinski definition) is 4. The van der Waals surface area contributed by atoms with Crippen LogP contribution in [0.15, 0.2) is 24.3 Å². The minimum atomic E-state index is -0.275. The summed E-state index contributed by atoms with van der Waals surface area (Å²) in [6.45, 7) is 2.14. The highest BCUT2D eigenvalue weighted by molar-refractivity contribution is 5.73. The smallest absolute Gasteiger partial charge is 0.309 e. The molecule has 1 N–H and O–H groups in total. The number of phenols is 1. The average molecular weight is 236 g/mol. The number of rotatable bonds is 5. The third-order valence-electron chi connectivity index (χ3n) is 2.10. The lowest BCUT2D eigenvalue weighted by molar-refractivity contribution is -0.142. The van der Waals surface area contributed by atoms with Crippen LogP contribution in [0, 0.1) is 0 Å². The Balaban J connectivity index is 2.70. The van der Waals surface area contributed by atoms with Gasteiger partial charge in [-0.3, -0.25) is 4.79 Å². The molecule has 0 amide bonds. The van der Waals surface area contributed by atoms with Gasteiger partial charge in [-0.15, -0.1) is 0 Å². The molecule has 0 saturated heterocycles. The molecule has 92 valence electrons. The first-order valence-corrected chi connectivity index (χ1v) is 5.36. The molecule has 1 rings (SSSR count). The van der Waals surface area contributed by atoms with E-state index in [0.29, 0.717) is 12.4 Å². The molecule has 0 radical (unpaired) electrons. The van der Waals surface area contributed by atoms with Gasteiger partial charge in [0.25, 0.3) is 0 Å². The van der Waals surface area contributed by atoms with Gasteiger partial charge in [-0.25, -0.2) is 0 Å². The number of hydrogen-bond donors (Lipinski definition) is 1. The van der Waals surface area contributed by atoms with Crippen LogP contribution in [-0.2, 0) is 9.53 Å². The molecular weight excluding hydrogens is 220 g/mol. The summed E-state index contributed by atoms with van der Waals surface area (Å²) in [4.78, 5) is 11.1. The first-order valence-electron chi connectivity index (χ1n) is 5.36. The molecule has 1 aromatic carbocycles. The molecule has 4 heteroatoms. The van der Waals surface area contributed by atoms with Crippen molar-refractivity contribution in [3.63, 3.8) is 0 Å². The molecule has 0 aromatic heterocycles. The number of carbonyl (C=O) groups excluding carboxylic acids is 1. The topological polar surface area (TPSA) is 55.8 Å². The minimum Gasteiger partial charge on any atom is -0.508 e. The van der Waals surface area contributed by atoms with E-state index in [1.54, 1.807) is 44.4 Å². The van der Waals surface area contributed by atoms with Gasteiger partial charge in [-0.1, -0.05) is 12.2 Å². The summed E-state index contributed by atoms with van der Waals surface area (Å²) in [5.41, 5.74) is 0.719. The van der Waals surface area contributed by atoms with Crippen molar-refractivity contribution < 1.29 is 19.4 Å². The SMILES string of the molecule is CCOC(=O)CC=Cc1cc(O)ccc1OC. The monoisotopic (exact) mass is 236 g/mol. The van der Waals surface area contributed by atoms with Crippen LogP contribution in [0.2, 0.25) is 0 Å². The highest BCUT2D eigenvalue weighted by Crippen LogP contribution is 2.24. The fraction of sp³-hybridized carbons (Fsp3) is 0.308. The quantitative estimate of drug-likeness (QED) is 0.797.